The molecule has 34 heavy (non-hydrogen) atoms. The van der Waals surface area contributed by atoms with Crippen LogP contribution in [0.4, 0.5) is 0 Å². The molecule has 0 atom stereocenters. The molecular weight excluding hydrogens is 472 g/mol. The molecule has 1 amide bonds. The van der Waals surface area contributed by atoms with Gasteiger partial charge in [-0.05, 0) is 54.3 Å². The van der Waals surface area contributed by atoms with Crippen molar-refractivity contribution in [2.45, 2.75) is 29.7 Å². The Morgan fingerprint density at radius 2 is 1.65 bits per heavy atom. The minimum absolute atomic E-state index is 0.0505. The van der Waals surface area contributed by atoms with Gasteiger partial charge in [-0.3, -0.25) is 4.79 Å². The van der Waals surface area contributed by atoms with Crippen LogP contribution in [0.25, 0.3) is 0 Å². The summed E-state index contributed by atoms with van der Waals surface area (Å²) in [6, 6.07) is 23.0. The maximum atomic E-state index is 13.0. The third-order valence-electron chi connectivity index (χ3n) is 6.21. The molecule has 0 saturated carbocycles. The topological polar surface area (TPSA) is 84.5 Å². The van der Waals surface area contributed by atoms with Gasteiger partial charge in [0, 0.05) is 42.3 Å². The highest BCUT2D eigenvalue weighted by Gasteiger charge is 2.35. The number of hydrogen-bond acceptors (Lipinski definition) is 4. The molecule has 1 aliphatic heterocycles. The average molecular weight is 499 g/mol. The van der Waals surface area contributed by atoms with Crippen LogP contribution in [0.1, 0.15) is 34.3 Å². The molecule has 3 aromatic carbocycles. The first-order chi connectivity index (χ1) is 16.4. The molecule has 4 rings (SSSR count). The number of carbonyl (C=O) groups is 1. The van der Waals surface area contributed by atoms with Crippen LogP contribution < -0.4 is 10.0 Å². The monoisotopic (exact) mass is 498 g/mol. The van der Waals surface area contributed by atoms with Gasteiger partial charge in [0.15, 0.2) is 0 Å². The van der Waals surface area contributed by atoms with Crippen molar-refractivity contribution in [1.82, 2.24) is 10.0 Å². The highest BCUT2D eigenvalue weighted by molar-refractivity contribution is 7.89. The Kier molecular flexibility index (Phi) is 7.68. The molecule has 0 radical (unpaired) electrons. The molecule has 1 heterocycles. The van der Waals surface area contributed by atoms with Gasteiger partial charge in [-0.25, -0.2) is 13.1 Å². The molecule has 0 aromatic heterocycles. The Morgan fingerprint density at radius 3 is 2.35 bits per heavy atom. The molecule has 2 N–H and O–H groups in total. The van der Waals surface area contributed by atoms with E-state index < -0.39 is 10.0 Å². The molecule has 0 aliphatic carbocycles. The number of amides is 1. The second-order valence-electron chi connectivity index (χ2n) is 8.42. The van der Waals surface area contributed by atoms with Crippen LogP contribution in [0.5, 0.6) is 0 Å². The van der Waals surface area contributed by atoms with E-state index in [1.54, 1.807) is 12.1 Å². The zero-order valence-corrected chi connectivity index (χ0v) is 20.2. The molecular formula is C26H27ClN2O4S. The van der Waals surface area contributed by atoms with E-state index in [0.29, 0.717) is 30.3 Å². The molecule has 0 bridgehead atoms. The summed E-state index contributed by atoms with van der Waals surface area (Å²) in [6.07, 6.45) is 1.54. The lowest BCUT2D eigenvalue weighted by Crippen LogP contribution is -2.44. The second kappa shape index (κ2) is 10.7. The molecule has 0 unspecified atom stereocenters. The first-order valence-electron chi connectivity index (χ1n) is 11.1. The third kappa shape index (κ3) is 5.85. The van der Waals surface area contributed by atoms with Crippen LogP contribution >= 0.6 is 11.6 Å². The van der Waals surface area contributed by atoms with Crippen LogP contribution in [0.2, 0.25) is 5.02 Å². The maximum Gasteiger partial charge on any atom is 0.251 e. The Morgan fingerprint density at radius 1 is 0.941 bits per heavy atom. The quantitative estimate of drug-likeness (QED) is 0.485. The van der Waals surface area contributed by atoms with Crippen LogP contribution in [-0.2, 0) is 26.7 Å². The van der Waals surface area contributed by atoms with Crippen molar-refractivity contribution in [1.29, 1.82) is 0 Å². The predicted molar refractivity (Wildman–Crippen MR) is 132 cm³/mol. The predicted octanol–water partition coefficient (Wildman–Crippen LogP) is 4.30. The number of ether oxygens (including phenoxy) is 1. The summed E-state index contributed by atoms with van der Waals surface area (Å²) in [7, 11) is -3.77. The lowest BCUT2D eigenvalue weighted by atomic mass is 9.74. The summed E-state index contributed by atoms with van der Waals surface area (Å²) >= 11 is 6.06. The summed E-state index contributed by atoms with van der Waals surface area (Å²) in [6.45, 7) is 1.81. The molecule has 1 aliphatic rings. The molecule has 0 spiro atoms. The van der Waals surface area contributed by atoms with E-state index in [9.17, 15) is 13.2 Å². The number of rotatable bonds is 8. The molecule has 8 heteroatoms. The molecule has 1 saturated heterocycles. The van der Waals surface area contributed by atoms with E-state index in [1.165, 1.54) is 12.1 Å². The Balaban J connectivity index is 1.46. The lowest BCUT2D eigenvalue weighted by molar-refractivity contribution is 0.0487. The highest BCUT2D eigenvalue weighted by Crippen LogP contribution is 2.35. The highest BCUT2D eigenvalue weighted by atomic mass is 35.5. The molecule has 178 valence electrons. The van der Waals surface area contributed by atoms with Crippen molar-refractivity contribution in [2.75, 3.05) is 19.8 Å². The Hall–Kier alpha value is -2.71. The van der Waals surface area contributed by atoms with Crippen molar-refractivity contribution in [3.63, 3.8) is 0 Å². The van der Waals surface area contributed by atoms with Crippen molar-refractivity contribution in [3.8, 4) is 0 Å². The normalized spacial score (nSPS) is 15.6. The van der Waals surface area contributed by atoms with E-state index in [4.69, 9.17) is 16.3 Å². The molecule has 3 aromatic rings. The standard InChI is InChI=1S/C26H27ClN2O4S/c27-23-11-9-22(10-12-23)26(13-15-33-16-14-26)19-28-25(30)21-7-4-8-24(17-21)34(31,32)29-18-20-5-2-1-3-6-20/h1-12,17,29H,13-16,18-19H2,(H,28,30). The fourth-order valence-electron chi connectivity index (χ4n) is 4.15. The van der Waals surface area contributed by atoms with Crippen LogP contribution in [0.15, 0.2) is 83.8 Å². The van der Waals surface area contributed by atoms with E-state index >= 15 is 0 Å². The zero-order chi connectivity index (χ0) is 24.0. The summed E-state index contributed by atoms with van der Waals surface area (Å²) in [5, 5.41) is 3.68. The van der Waals surface area contributed by atoms with Crippen LogP contribution in [0, 0.1) is 0 Å². The number of nitrogens with one attached hydrogen (secondary N) is 2. The van der Waals surface area contributed by atoms with Gasteiger partial charge in [-0.15, -0.1) is 0 Å². The number of sulfonamides is 1. The lowest BCUT2D eigenvalue weighted by Gasteiger charge is -2.38. The van der Waals surface area contributed by atoms with Gasteiger partial charge in [0.25, 0.3) is 5.91 Å². The van der Waals surface area contributed by atoms with Gasteiger partial charge in [-0.1, -0.05) is 60.1 Å². The fraction of sp³-hybridized carbons (Fsp3) is 0.269. The van der Waals surface area contributed by atoms with Crippen LogP contribution in [-0.4, -0.2) is 34.1 Å². The summed E-state index contributed by atoms with van der Waals surface area (Å²) in [5.74, 6) is -0.320. The van der Waals surface area contributed by atoms with E-state index in [1.807, 2.05) is 54.6 Å². The minimum Gasteiger partial charge on any atom is -0.381 e. The zero-order valence-electron chi connectivity index (χ0n) is 18.7. The molecule has 1 fully saturated rings. The first-order valence-corrected chi connectivity index (χ1v) is 13.0. The van der Waals surface area contributed by atoms with Crippen molar-refractivity contribution in [3.05, 3.63) is 101 Å². The van der Waals surface area contributed by atoms with Gasteiger partial charge >= 0.3 is 0 Å². The van der Waals surface area contributed by atoms with Gasteiger partial charge in [-0.2, -0.15) is 0 Å². The SMILES string of the molecule is O=C(NCC1(c2ccc(Cl)cc2)CCOCC1)c1cccc(S(=O)(=O)NCc2ccccc2)c1. The van der Waals surface area contributed by atoms with Crippen molar-refractivity contribution >= 4 is 27.5 Å². The van der Waals surface area contributed by atoms with Crippen molar-refractivity contribution < 1.29 is 17.9 Å². The number of hydrogen-bond donors (Lipinski definition) is 2. The Bertz CT molecular complexity index is 1230. The van der Waals surface area contributed by atoms with E-state index in [-0.39, 0.29) is 22.8 Å². The van der Waals surface area contributed by atoms with E-state index in [2.05, 4.69) is 10.0 Å². The third-order valence-corrected chi connectivity index (χ3v) is 7.86. The van der Waals surface area contributed by atoms with Gasteiger partial charge in [0.1, 0.15) is 0 Å². The fourth-order valence-corrected chi connectivity index (χ4v) is 5.34. The second-order valence-corrected chi connectivity index (χ2v) is 10.6. The maximum absolute atomic E-state index is 13.0. The average Bonchev–Trinajstić information content (AvgIpc) is 2.88. The van der Waals surface area contributed by atoms with E-state index in [0.717, 1.165) is 24.0 Å². The minimum atomic E-state index is -3.77. The van der Waals surface area contributed by atoms with Gasteiger partial charge < -0.3 is 10.1 Å². The van der Waals surface area contributed by atoms with Crippen molar-refractivity contribution in [2.24, 2.45) is 0 Å². The largest absolute Gasteiger partial charge is 0.381 e. The summed E-state index contributed by atoms with van der Waals surface area (Å²) < 4.78 is 33.7. The number of benzene rings is 3. The van der Waals surface area contributed by atoms with Crippen LogP contribution in [0.3, 0.4) is 0 Å². The van der Waals surface area contributed by atoms with Gasteiger partial charge in [0.2, 0.25) is 10.0 Å². The Labute approximate surface area is 205 Å². The smallest absolute Gasteiger partial charge is 0.251 e. The van der Waals surface area contributed by atoms with Gasteiger partial charge in [0.05, 0.1) is 4.90 Å². The summed E-state index contributed by atoms with van der Waals surface area (Å²) in [5.41, 5.74) is 1.98. The molecule has 6 nitrogen and oxygen atoms in total. The number of carbonyl (C=O) groups excluding carboxylic acids is 1. The number of halogens is 1. The summed E-state index contributed by atoms with van der Waals surface area (Å²) in [4.78, 5) is 13.0. The first kappa shape index (κ1) is 24.4.